The molecule has 0 unspecified atom stereocenters. The van der Waals surface area contributed by atoms with Gasteiger partial charge in [-0.3, -0.25) is 30.3 Å². The number of benzene rings is 2. The van der Waals surface area contributed by atoms with Crippen molar-refractivity contribution in [2.75, 3.05) is 19.8 Å². The Labute approximate surface area is 178 Å². The molecule has 0 fully saturated rings. The first kappa shape index (κ1) is 22.2. The minimum atomic E-state index is -1.04. The van der Waals surface area contributed by atoms with Gasteiger partial charge in [0.2, 0.25) is 0 Å². The van der Waals surface area contributed by atoms with E-state index in [1.165, 1.54) is 0 Å². The number of hydrogen-bond acceptors (Lipinski definition) is 11. The predicted molar refractivity (Wildman–Crippen MR) is 106 cm³/mol. The van der Waals surface area contributed by atoms with Gasteiger partial charge in [-0.15, -0.1) is 0 Å². The molecule has 0 saturated carbocycles. The highest BCUT2D eigenvalue weighted by atomic mass is 16.6. The lowest BCUT2D eigenvalue weighted by atomic mass is 9.97. The van der Waals surface area contributed by atoms with E-state index in [1.54, 1.807) is 6.92 Å². The highest BCUT2D eigenvalue weighted by Gasteiger charge is 2.39. The third-order valence-electron chi connectivity index (χ3n) is 4.59. The Morgan fingerprint density at radius 1 is 0.938 bits per heavy atom. The topological polar surface area (TPSA) is 198 Å². The number of nitro benzene ring substituents is 3. The fraction of sp³-hybridized carbons (Fsp3) is 0.222. The van der Waals surface area contributed by atoms with Gasteiger partial charge < -0.3 is 14.7 Å². The van der Waals surface area contributed by atoms with Crippen LogP contribution in [0.2, 0.25) is 0 Å². The van der Waals surface area contributed by atoms with Crippen LogP contribution in [-0.2, 0) is 9.47 Å². The van der Waals surface area contributed by atoms with Crippen LogP contribution in [0.25, 0.3) is 11.1 Å². The van der Waals surface area contributed by atoms with Crippen LogP contribution in [0, 0.1) is 30.3 Å². The van der Waals surface area contributed by atoms with E-state index in [0.717, 1.165) is 18.2 Å². The second-order valence-corrected chi connectivity index (χ2v) is 6.36. The molecule has 166 valence electrons. The Bertz CT molecular complexity index is 1190. The molecule has 0 saturated heterocycles. The van der Waals surface area contributed by atoms with Crippen molar-refractivity contribution in [3.63, 3.8) is 0 Å². The monoisotopic (exact) mass is 446 g/mol. The number of rotatable bonds is 8. The van der Waals surface area contributed by atoms with E-state index < -0.39 is 49.1 Å². The molecular formula is C18H14N4O10. The van der Waals surface area contributed by atoms with Gasteiger partial charge in [0, 0.05) is 41.5 Å². The summed E-state index contributed by atoms with van der Waals surface area (Å²) in [4.78, 5) is 44.4. The molecule has 3 rings (SSSR count). The van der Waals surface area contributed by atoms with Crippen molar-refractivity contribution < 1.29 is 34.2 Å². The summed E-state index contributed by atoms with van der Waals surface area (Å²) in [5.41, 5.74) is -3.62. The molecule has 32 heavy (non-hydrogen) atoms. The van der Waals surface area contributed by atoms with Crippen LogP contribution >= 0.6 is 0 Å². The van der Waals surface area contributed by atoms with Crippen molar-refractivity contribution in [2.24, 2.45) is 5.16 Å². The molecule has 2 aromatic rings. The Balaban J connectivity index is 2.31. The normalized spacial score (nSPS) is 12.8. The van der Waals surface area contributed by atoms with Crippen LogP contribution in [0.5, 0.6) is 0 Å². The third kappa shape index (κ3) is 3.81. The number of carbonyl (C=O) groups is 1. The molecule has 2 aromatic carbocycles. The van der Waals surface area contributed by atoms with Crippen LogP contribution in [0.1, 0.15) is 28.4 Å². The zero-order valence-corrected chi connectivity index (χ0v) is 16.3. The van der Waals surface area contributed by atoms with Crippen LogP contribution in [-0.4, -0.2) is 51.5 Å². The van der Waals surface area contributed by atoms with Gasteiger partial charge in [0.1, 0.15) is 12.3 Å². The van der Waals surface area contributed by atoms with Crippen molar-refractivity contribution >= 4 is 28.7 Å². The third-order valence-corrected chi connectivity index (χ3v) is 4.59. The lowest BCUT2D eigenvalue weighted by molar-refractivity contribution is -0.393. The number of non-ortho nitro benzene ring substituents is 2. The number of esters is 1. The molecule has 0 aromatic heterocycles. The van der Waals surface area contributed by atoms with Crippen molar-refractivity contribution in [1.29, 1.82) is 0 Å². The van der Waals surface area contributed by atoms with E-state index >= 15 is 0 Å². The van der Waals surface area contributed by atoms with Crippen LogP contribution in [0.15, 0.2) is 29.4 Å². The summed E-state index contributed by atoms with van der Waals surface area (Å²) < 4.78 is 10.1. The van der Waals surface area contributed by atoms with Gasteiger partial charge in [-0.05, 0) is 6.92 Å². The van der Waals surface area contributed by atoms with E-state index in [-0.39, 0.29) is 35.5 Å². The summed E-state index contributed by atoms with van der Waals surface area (Å²) in [6, 6.07) is 3.44. The largest absolute Gasteiger partial charge is 0.460 e. The summed E-state index contributed by atoms with van der Waals surface area (Å²) in [6.07, 6.45) is 0. The first-order chi connectivity index (χ1) is 15.2. The van der Waals surface area contributed by atoms with Gasteiger partial charge in [0.05, 0.1) is 38.6 Å². The zero-order chi connectivity index (χ0) is 23.6. The molecule has 0 aliphatic heterocycles. The standard InChI is InChI=1S/C18H14N4O10/c1-2-31-3-4-32-18(23)13-7-9(20(25)26)5-11-15(13)16-12(17(11)19-24)6-10(21(27)28)8-14(16)22(29)30/h5-8,24H,2-4H2,1H3. The molecule has 1 N–H and O–H groups in total. The molecule has 0 bridgehead atoms. The Hall–Kier alpha value is -4.46. The lowest BCUT2D eigenvalue weighted by Crippen LogP contribution is -2.13. The second kappa shape index (κ2) is 8.73. The SMILES string of the molecule is CCOCCOC(=O)c1cc([N+](=O)[O-])cc2c1-c1c(cc([N+](=O)[O-])cc1[N+](=O)[O-])C2=NO. The fourth-order valence-electron chi connectivity index (χ4n) is 3.33. The highest BCUT2D eigenvalue weighted by Crippen LogP contribution is 2.47. The van der Waals surface area contributed by atoms with Gasteiger partial charge in [0.15, 0.2) is 0 Å². The average Bonchev–Trinajstić information content (AvgIpc) is 3.08. The highest BCUT2D eigenvalue weighted by molar-refractivity contribution is 6.28. The van der Waals surface area contributed by atoms with Gasteiger partial charge in [-0.1, -0.05) is 5.16 Å². The summed E-state index contributed by atoms with van der Waals surface area (Å²) in [6.45, 7) is 1.94. The summed E-state index contributed by atoms with van der Waals surface area (Å²) in [5, 5.41) is 46.9. The van der Waals surface area contributed by atoms with Gasteiger partial charge in [-0.2, -0.15) is 0 Å². The number of nitrogens with zero attached hydrogens (tertiary/aromatic N) is 4. The van der Waals surface area contributed by atoms with E-state index in [9.17, 15) is 40.3 Å². The number of fused-ring (bicyclic) bond motifs is 3. The van der Waals surface area contributed by atoms with Gasteiger partial charge >= 0.3 is 5.97 Å². The molecule has 0 amide bonds. The molecule has 1 aliphatic carbocycles. The summed E-state index contributed by atoms with van der Waals surface area (Å²) in [5.74, 6) is -1.04. The van der Waals surface area contributed by atoms with E-state index in [0.29, 0.717) is 12.7 Å². The molecule has 0 atom stereocenters. The average molecular weight is 446 g/mol. The number of carbonyl (C=O) groups excluding carboxylic acids is 1. The maximum atomic E-state index is 12.7. The van der Waals surface area contributed by atoms with Crippen LogP contribution in [0.4, 0.5) is 17.1 Å². The predicted octanol–water partition coefficient (Wildman–Crippen LogP) is 2.81. The first-order valence-electron chi connectivity index (χ1n) is 8.98. The van der Waals surface area contributed by atoms with Crippen molar-refractivity contribution in [3.05, 3.63) is 71.3 Å². The first-order valence-corrected chi connectivity index (χ1v) is 8.98. The fourth-order valence-corrected chi connectivity index (χ4v) is 3.33. The van der Waals surface area contributed by atoms with E-state index in [2.05, 4.69) is 5.16 Å². The number of oxime groups is 1. The second-order valence-electron chi connectivity index (χ2n) is 6.36. The molecule has 0 heterocycles. The van der Waals surface area contributed by atoms with Crippen LogP contribution in [0.3, 0.4) is 0 Å². The quantitative estimate of drug-likeness (QED) is 0.176. The lowest BCUT2D eigenvalue weighted by Gasteiger charge is -2.10. The minimum Gasteiger partial charge on any atom is -0.460 e. The van der Waals surface area contributed by atoms with Crippen molar-refractivity contribution in [3.8, 4) is 11.1 Å². The molecular weight excluding hydrogens is 432 g/mol. The van der Waals surface area contributed by atoms with E-state index in [4.69, 9.17) is 9.47 Å². The summed E-state index contributed by atoms with van der Waals surface area (Å²) in [7, 11) is 0. The Morgan fingerprint density at radius 2 is 1.53 bits per heavy atom. The number of nitro groups is 3. The maximum Gasteiger partial charge on any atom is 0.339 e. The Morgan fingerprint density at radius 3 is 2.06 bits per heavy atom. The number of hydrogen-bond donors (Lipinski definition) is 1. The van der Waals surface area contributed by atoms with E-state index in [1.807, 2.05) is 0 Å². The maximum absolute atomic E-state index is 12.7. The smallest absolute Gasteiger partial charge is 0.339 e. The Kier molecular flexibility index (Phi) is 6.06. The molecule has 0 radical (unpaired) electrons. The van der Waals surface area contributed by atoms with Crippen LogP contribution < -0.4 is 0 Å². The molecule has 14 heteroatoms. The molecule has 14 nitrogen and oxygen atoms in total. The number of ether oxygens (including phenoxy) is 2. The minimum absolute atomic E-state index is 0.0473. The van der Waals surface area contributed by atoms with Crippen molar-refractivity contribution in [1.82, 2.24) is 0 Å². The van der Waals surface area contributed by atoms with Gasteiger partial charge in [0.25, 0.3) is 17.1 Å². The molecule has 1 aliphatic rings. The molecule has 0 spiro atoms. The van der Waals surface area contributed by atoms with Crippen molar-refractivity contribution in [2.45, 2.75) is 6.92 Å². The van der Waals surface area contributed by atoms with Gasteiger partial charge in [-0.25, -0.2) is 4.79 Å². The summed E-state index contributed by atoms with van der Waals surface area (Å²) >= 11 is 0. The zero-order valence-electron chi connectivity index (χ0n) is 16.3.